The average Bonchev–Trinajstić information content (AvgIpc) is 2.48. The van der Waals surface area contributed by atoms with Crippen molar-refractivity contribution in [3.63, 3.8) is 0 Å². The third-order valence-corrected chi connectivity index (χ3v) is 4.61. The highest BCUT2D eigenvalue weighted by atomic mass is 16.2. The SMILES string of the molecule is CC1(C)CCC(NC(=O)[C@@H](N)CCc2ccccc2)CC1. The molecule has 21 heavy (non-hydrogen) atoms. The average molecular weight is 288 g/mol. The molecule has 1 atom stereocenters. The Morgan fingerprint density at radius 1 is 1.29 bits per heavy atom. The Morgan fingerprint density at radius 3 is 2.52 bits per heavy atom. The van der Waals surface area contributed by atoms with Crippen molar-refractivity contribution in [2.24, 2.45) is 11.1 Å². The number of amides is 1. The lowest BCUT2D eigenvalue weighted by molar-refractivity contribution is -0.123. The minimum Gasteiger partial charge on any atom is -0.352 e. The monoisotopic (exact) mass is 288 g/mol. The third-order valence-electron chi connectivity index (χ3n) is 4.61. The lowest BCUT2D eigenvalue weighted by atomic mass is 9.75. The van der Waals surface area contributed by atoms with Gasteiger partial charge in [-0.2, -0.15) is 0 Å². The van der Waals surface area contributed by atoms with Crippen molar-refractivity contribution in [1.29, 1.82) is 0 Å². The molecule has 0 radical (unpaired) electrons. The molecular weight excluding hydrogens is 260 g/mol. The number of carbonyl (C=O) groups is 1. The first-order valence-electron chi connectivity index (χ1n) is 8.06. The molecule has 116 valence electrons. The fourth-order valence-corrected chi connectivity index (χ4v) is 2.95. The van der Waals surface area contributed by atoms with E-state index in [2.05, 4.69) is 31.3 Å². The van der Waals surface area contributed by atoms with Crippen LogP contribution in [0.15, 0.2) is 30.3 Å². The van der Waals surface area contributed by atoms with Crippen LogP contribution in [0, 0.1) is 5.41 Å². The summed E-state index contributed by atoms with van der Waals surface area (Å²) in [5.41, 5.74) is 7.69. The Kier molecular flexibility index (Phi) is 5.40. The highest BCUT2D eigenvalue weighted by Gasteiger charge is 2.28. The number of hydrogen-bond donors (Lipinski definition) is 2. The molecule has 3 N–H and O–H groups in total. The van der Waals surface area contributed by atoms with Crippen LogP contribution in [-0.4, -0.2) is 18.0 Å². The second-order valence-corrected chi connectivity index (χ2v) is 7.08. The molecule has 0 unspecified atom stereocenters. The molecule has 2 rings (SSSR count). The Labute approximate surface area is 128 Å². The molecule has 1 saturated carbocycles. The van der Waals surface area contributed by atoms with Gasteiger partial charge in [-0.05, 0) is 49.5 Å². The molecule has 1 aliphatic rings. The summed E-state index contributed by atoms with van der Waals surface area (Å²) in [6, 6.07) is 10.1. The zero-order chi connectivity index (χ0) is 15.3. The molecule has 0 spiro atoms. The van der Waals surface area contributed by atoms with E-state index in [4.69, 9.17) is 5.73 Å². The van der Waals surface area contributed by atoms with Crippen LogP contribution in [0.2, 0.25) is 0 Å². The van der Waals surface area contributed by atoms with Crippen molar-refractivity contribution in [3.05, 3.63) is 35.9 Å². The van der Waals surface area contributed by atoms with Gasteiger partial charge < -0.3 is 11.1 Å². The maximum absolute atomic E-state index is 12.2. The van der Waals surface area contributed by atoms with E-state index in [0.29, 0.717) is 17.9 Å². The fraction of sp³-hybridized carbons (Fsp3) is 0.611. The quantitative estimate of drug-likeness (QED) is 0.875. The van der Waals surface area contributed by atoms with Crippen LogP contribution in [-0.2, 0) is 11.2 Å². The van der Waals surface area contributed by atoms with Gasteiger partial charge in [-0.1, -0.05) is 44.2 Å². The normalized spacial score (nSPS) is 20.0. The van der Waals surface area contributed by atoms with Crippen molar-refractivity contribution in [1.82, 2.24) is 5.32 Å². The number of carbonyl (C=O) groups excluding carboxylic acids is 1. The highest BCUT2D eigenvalue weighted by molar-refractivity contribution is 5.81. The van der Waals surface area contributed by atoms with E-state index in [9.17, 15) is 4.79 Å². The predicted octanol–water partition coefficient (Wildman–Crippen LogP) is 3.03. The first-order valence-corrected chi connectivity index (χ1v) is 8.06. The zero-order valence-electron chi connectivity index (χ0n) is 13.3. The molecule has 1 aromatic carbocycles. The zero-order valence-corrected chi connectivity index (χ0v) is 13.3. The Hall–Kier alpha value is -1.35. The highest BCUT2D eigenvalue weighted by Crippen LogP contribution is 2.34. The second-order valence-electron chi connectivity index (χ2n) is 7.08. The lowest BCUT2D eigenvalue weighted by Crippen LogP contribution is -2.47. The van der Waals surface area contributed by atoms with E-state index in [0.717, 1.165) is 19.3 Å². The van der Waals surface area contributed by atoms with Crippen LogP contribution in [0.25, 0.3) is 0 Å². The maximum atomic E-state index is 12.2. The smallest absolute Gasteiger partial charge is 0.237 e. The van der Waals surface area contributed by atoms with Crippen LogP contribution in [0.5, 0.6) is 0 Å². The van der Waals surface area contributed by atoms with Gasteiger partial charge in [-0.25, -0.2) is 0 Å². The first-order chi connectivity index (χ1) is 9.96. The number of hydrogen-bond acceptors (Lipinski definition) is 2. The van der Waals surface area contributed by atoms with Crippen molar-refractivity contribution >= 4 is 5.91 Å². The van der Waals surface area contributed by atoms with Crippen LogP contribution >= 0.6 is 0 Å². The Morgan fingerprint density at radius 2 is 1.90 bits per heavy atom. The fourth-order valence-electron chi connectivity index (χ4n) is 2.95. The van der Waals surface area contributed by atoms with Crippen LogP contribution in [0.4, 0.5) is 0 Å². The molecule has 0 bridgehead atoms. The molecule has 0 saturated heterocycles. The number of nitrogens with two attached hydrogens (primary N) is 1. The summed E-state index contributed by atoms with van der Waals surface area (Å²) in [5, 5.41) is 3.13. The van der Waals surface area contributed by atoms with Gasteiger partial charge in [0.25, 0.3) is 0 Å². The third kappa shape index (κ3) is 5.16. The minimum absolute atomic E-state index is 0.00985. The summed E-state index contributed by atoms with van der Waals surface area (Å²) in [7, 11) is 0. The Bertz CT molecular complexity index is 446. The summed E-state index contributed by atoms with van der Waals surface area (Å²) < 4.78 is 0. The number of rotatable bonds is 5. The summed E-state index contributed by atoms with van der Waals surface area (Å²) in [6.07, 6.45) is 6.06. The van der Waals surface area contributed by atoms with Crippen LogP contribution in [0.1, 0.15) is 51.5 Å². The minimum atomic E-state index is -0.403. The number of aryl methyl sites for hydroxylation is 1. The van der Waals surface area contributed by atoms with Gasteiger partial charge in [0.15, 0.2) is 0 Å². The van der Waals surface area contributed by atoms with Crippen LogP contribution in [0.3, 0.4) is 0 Å². The van der Waals surface area contributed by atoms with Gasteiger partial charge in [-0.3, -0.25) is 4.79 Å². The van der Waals surface area contributed by atoms with Gasteiger partial charge in [-0.15, -0.1) is 0 Å². The molecule has 1 aromatic rings. The molecule has 0 aromatic heterocycles. The van der Waals surface area contributed by atoms with E-state index in [1.165, 1.54) is 18.4 Å². The molecule has 3 heteroatoms. The van der Waals surface area contributed by atoms with E-state index < -0.39 is 6.04 Å². The molecule has 1 fully saturated rings. The topological polar surface area (TPSA) is 55.1 Å². The molecule has 0 heterocycles. The standard InChI is InChI=1S/C18H28N2O/c1-18(2)12-10-15(11-13-18)20-17(21)16(19)9-8-14-6-4-3-5-7-14/h3-7,15-16H,8-13,19H2,1-2H3,(H,20,21)/t16-/m0/s1. The summed E-state index contributed by atoms with van der Waals surface area (Å²) in [6.45, 7) is 4.60. The van der Waals surface area contributed by atoms with Gasteiger partial charge in [0.1, 0.15) is 0 Å². The molecule has 1 amide bonds. The Balaban J connectivity index is 1.73. The van der Waals surface area contributed by atoms with Crippen molar-refractivity contribution in [3.8, 4) is 0 Å². The van der Waals surface area contributed by atoms with Crippen molar-refractivity contribution in [2.75, 3.05) is 0 Å². The molecule has 3 nitrogen and oxygen atoms in total. The second kappa shape index (κ2) is 7.08. The van der Waals surface area contributed by atoms with Crippen molar-refractivity contribution < 1.29 is 4.79 Å². The van der Waals surface area contributed by atoms with Gasteiger partial charge in [0.05, 0.1) is 6.04 Å². The van der Waals surface area contributed by atoms with E-state index >= 15 is 0 Å². The van der Waals surface area contributed by atoms with E-state index in [1.54, 1.807) is 0 Å². The van der Waals surface area contributed by atoms with E-state index in [-0.39, 0.29) is 5.91 Å². The summed E-state index contributed by atoms with van der Waals surface area (Å²) >= 11 is 0. The van der Waals surface area contributed by atoms with Crippen LogP contribution < -0.4 is 11.1 Å². The molecule has 0 aliphatic heterocycles. The largest absolute Gasteiger partial charge is 0.352 e. The predicted molar refractivity (Wildman–Crippen MR) is 86.9 cm³/mol. The van der Waals surface area contributed by atoms with Gasteiger partial charge in [0.2, 0.25) is 5.91 Å². The number of nitrogens with one attached hydrogen (secondary N) is 1. The maximum Gasteiger partial charge on any atom is 0.237 e. The van der Waals surface area contributed by atoms with Gasteiger partial charge in [0, 0.05) is 6.04 Å². The van der Waals surface area contributed by atoms with Gasteiger partial charge >= 0.3 is 0 Å². The lowest BCUT2D eigenvalue weighted by Gasteiger charge is -2.35. The molecule has 1 aliphatic carbocycles. The van der Waals surface area contributed by atoms with E-state index in [1.807, 2.05) is 18.2 Å². The summed E-state index contributed by atoms with van der Waals surface area (Å²) in [5.74, 6) is 0.00985. The number of benzene rings is 1. The van der Waals surface area contributed by atoms with Crippen molar-refractivity contribution in [2.45, 2.75) is 64.5 Å². The first kappa shape index (κ1) is 16.0. The molecular formula is C18H28N2O. The summed E-state index contributed by atoms with van der Waals surface area (Å²) in [4.78, 5) is 12.2.